The molecule has 1 aromatic carbocycles. The molecule has 0 fully saturated rings. The highest BCUT2D eigenvalue weighted by molar-refractivity contribution is 5.89. The van der Waals surface area contributed by atoms with E-state index in [1.807, 2.05) is 6.92 Å². The van der Waals surface area contributed by atoms with Crippen LogP contribution in [0.15, 0.2) is 12.1 Å². The summed E-state index contributed by atoms with van der Waals surface area (Å²) in [5.41, 5.74) is -0.467. The molecular formula is C10H11NO5. The number of phenolic OH excluding ortho intramolecular Hbond substituents is 1. The minimum atomic E-state index is -1.25. The molecule has 0 heterocycles. The number of carboxylic acid groups (broad SMARTS) is 1. The van der Waals surface area contributed by atoms with Crippen molar-refractivity contribution in [3.63, 3.8) is 0 Å². The third-order valence-corrected chi connectivity index (χ3v) is 2.13. The summed E-state index contributed by atoms with van der Waals surface area (Å²) in [5, 5.41) is 28.9. The van der Waals surface area contributed by atoms with Crippen LogP contribution >= 0.6 is 0 Å². The summed E-state index contributed by atoms with van der Waals surface area (Å²) < 4.78 is 0. The average Bonchev–Trinajstić information content (AvgIpc) is 2.20. The lowest BCUT2D eigenvalue weighted by atomic mass is 10.0. The van der Waals surface area contributed by atoms with Gasteiger partial charge in [0.15, 0.2) is 5.75 Å². The lowest BCUT2D eigenvalue weighted by Crippen LogP contribution is -2.01. The molecule has 0 aliphatic heterocycles. The molecule has 0 atom stereocenters. The molecule has 6 nitrogen and oxygen atoms in total. The Morgan fingerprint density at radius 2 is 2.12 bits per heavy atom. The Morgan fingerprint density at radius 3 is 2.56 bits per heavy atom. The van der Waals surface area contributed by atoms with Crippen LogP contribution in [0, 0.1) is 10.1 Å². The molecule has 0 aliphatic carbocycles. The van der Waals surface area contributed by atoms with E-state index >= 15 is 0 Å². The number of carboxylic acids is 1. The zero-order chi connectivity index (χ0) is 12.3. The molecule has 16 heavy (non-hydrogen) atoms. The number of rotatable bonds is 4. The Hall–Kier alpha value is -2.11. The van der Waals surface area contributed by atoms with Crippen molar-refractivity contribution >= 4 is 11.7 Å². The highest BCUT2D eigenvalue weighted by Gasteiger charge is 2.20. The SMILES string of the molecule is CCCc1cc(C(=O)O)cc([N+](=O)[O-])c1O. The fourth-order valence-electron chi connectivity index (χ4n) is 1.40. The van der Waals surface area contributed by atoms with Gasteiger partial charge in [0.25, 0.3) is 0 Å². The normalized spacial score (nSPS) is 10.1. The Bertz CT molecular complexity index is 441. The van der Waals surface area contributed by atoms with Crippen molar-refractivity contribution in [2.24, 2.45) is 0 Å². The fraction of sp³-hybridized carbons (Fsp3) is 0.300. The monoisotopic (exact) mass is 225 g/mol. The number of nitro groups is 1. The first kappa shape index (κ1) is 12.0. The van der Waals surface area contributed by atoms with E-state index in [4.69, 9.17) is 5.11 Å². The molecule has 0 saturated heterocycles. The molecule has 0 aromatic heterocycles. The summed E-state index contributed by atoms with van der Waals surface area (Å²) >= 11 is 0. The summed E-state index contributed by atoms with van der Waals surface area (Å²) in [5.74, 6) is -1.70. The largest absolute Gasteiger partial charge is 0.502 e. The van der Waals surface area contributed by atoms with Gasteiger partial charge in [-0.1, -0.05) is 13.3 Å². The van der Waals surface area contributed by atoms with Crippen LogP contribution in [-0.4, -0.2) is 21.1 Å². The molecule has 0 spiro atoms. The Morgan fingerprint density at radius 1 is 1.50 bits per heavy atom. The summed E-state index contributed by atoms with van der Waals surface area (Å²) in [6, 6.07) is 2.12. The Balaban J connectivity index is 3.38. The maximum absolute atomic E-state index is 10.7. The van der Waals surface area contributed by atoms with Gasteiger partial charge < -0.3 is 10.2 Å². The number of hydrogen-bond donors (Lipinski definition) is 2. The number of aromatic carboxylic acids is 1. The van der Waals surface area contributed by atoms with Crippen molar-refractivity contribution in [2.75, 3.05) is 0 Å². The molecular weight excluding hydrogens is 214 g/mol. The van der Waals surface area contributed by atoms with E-state index in [1.165, 1.54) is 6.07 Å². The Kier molecular flexibility index (Phi) is 3.44. The van der Waals surface area contributed by atoms with Gasteiger partial charge >= 0.3 is 11.7 Å². The van der Waals surface area contributed by atoms with Gasteiger partial charge in [0.2, 0.25) is 0 Å². The van der Waals surface area contributed by atoms with Gasteiger partial charge in [0, 0.05) is 11.6 Å². The second kappa shape index (κ2) is 4.61. The smallest absolute Gasteiger partial charge is 0.335 e. The van der Waals surface area contributed by atoms with Crippen LogP contribution in [0.4, 0.5) is 5.69 Å². The maximum Gasteiger partial charge on any atom is 0.335 e. The van der Waals surface area contributed by atoms with Gasteiger partial charge in [-0.3, -0.25) is 10.1 Å². The molecule has 2 N–H and O–H groups in total. The minimum absolute atomic E-state index is 0.187. The zero-order valence-corrected chi connectivity index (χ0v) is 8.64. The van der Waals surface area contributed by atoms with Crippen molar-refractivity contribution in [2.45, 2.75) is 19.8 Å². The van der Waals surface area contributed by atoms with E-state index in [0.717, 1.165) is 6.07 Å². The van der Waals surface area contributed by atoms with Crippen LogP contribution < -0.4 is 0 Å². The average molecular weight is 225 g/mol. The highest BCUT2D eigenvalue weighted by Crippen LogP contribution is 2.32. The summed E-state index contributed by atoms with van der Waals surface area (Å²) in [6.07, 6.45) is 1.06. The maximum atomic E-state index is 10.7. The number of nitrogens with zero attached hydrogens (tertiary/aromatic N) is 1. The number of nitro benzene ring substituents is 1. The quantitative estimate of drug-likeness (QED) is 0.602. The van der Waals surface area contributed by atoms with Crippen LogP contribution in [0.2, 0.25) is 0 Å². The Labute approximate surface area is 91.3 Å². The van der Waals surface area contributed by atoms with Crippen LogP contribution in [0.3, 0.4) is 0 Å². The molecule has 0 radical (unpaired) electrons. The van der Waals surface area contributed by atoms with Crippen molar-refractivity contribution in [1.82, 2.24) is 0 Å². The van der Waals surface area contributed by atoms with Crippen molar-refractivity contribution in [3.8, 4) is 5.75 Å². The standard InChI is InChI=1S/C10H11NO5/c1-2-3-6-4-7(10(13)14)5-8(9(6)12)11(15)16/h4-5,12H,2-3H2,1H3,(H,13,14). The number of hydrogen-bond acceptors (Lipinski definition) is 4. The van der Waals surface area contributed by atoms with Crippen molar-refractivity contribution in [1.29, 1.82) is 0 Å². The minimum Gasteiger partial charge on any atom is -0.502 e. The van der Waals surface area contributed by atoms with Crippen LogP contribution in [0.1, 0.15) is 29.3 Å². The molecule has 86 valence electrons. The molecule has 1 aromatic rings. The molecule has 0 saturated carbocycles. The summed E-state index contributed by atoms with van der Waals surface area (Å²) in [6.45, 7) is 1.83. The van der Waals surface area contributed by atoms with Gasteiger partial charge in [0.05, 0.1) is 10.5 Å². The second-order valence-electron chi connectivity index (χ2n) is 3.32. The van der Waals surface area contributed by atoms with Crippen LogP contribution in [0.5, 0.6) is 5.75 Å². The molecule has 1 rings (SSSR count). The van der Waals surface area contributed by atoms with E-state index in [1.54, 1.807) is 0 Å². The number of phenols is 1. The van der Waals surface area contributed by atoms with Crippen molar-refractivity contribution in [3.05, 3.63) is 33.4 Å². The van der Waals surface area contributed by atoms with Crippen LogP contribution in [-0.2, 0) is 6.42 Å². The first-order chi connectivity index (χ1) is 7.47. The second-order valence-corrected chi connectivity index (χ2v) is 3.32. The van der Waals surface area contributed by atoms with E-state index in [2.05, 4.69) is 0 Å². The number of aromatic hydroxyl groups is 1. The molecule has 0 aliphatic rings. The van der Waals surface area contributed by atoms with Crippen molar-refractivity contribution < 1.29 is 19.9 Å². The number of carbonyl (C=O) groups is 1. The predicted octanol–water partition coefficient (Wildman–Crippen LogP) is 1.95. The van der Waals surface area contributed by atoms with E-state index in [0.29, 0.717) is 12.8 Å². The lowest BCUT2D eigenvalue weighted by molar-refractivity contribution is -0.386. The first-order valence-corrected chi connectivity index (χ1v) is 4.71. The number of aryl methyl sites for hydroxylation is 1. The highest BCUT2D eigenvalue weighted by atomic mass is 16.6. The first-order valence-electron chi connectivity index (χ1n) is 4.71. The summed E-state index contributed by atoms with van der Waals surface area (Å²) in [7, 11) is 0. The topological polar surface area (TPSA) is 101 Å². The fourth-order valence-corrected chi connectivity index (χ4v) is 1.40. The lowest BCUT2D eigenvalue weighted by Gasteiger charge is -2.05. The summed E-state index contributed by atoms with van der Waals surface area (Å²) in [4.78, 5) is 20.6. The van der Waals surface area contributed by atoms with Crippen LogP contribution in [0.25, 0.3) is 0 Å². The molecule has 0 bridgehead atoms. The van der Waals surface area contributed by atoms with E-state index < -0.39 is 22.3 Å². The third kappa shape index (κ3) is 2.28. The third-order valence-electron chi connectivity index (χ3n) is 2.13. The van der Waals surface area contributed by atoms with Gasteiger partial charge in [-0.15, -0.1) is 0 Å². The van der Waals surface area contributed by atoms with E-state index in [9.17, 15) is 20.0 Å². The zero-order valence-electron chi connectivity index (χ0n) is 8.64. The molecule has 0 unspecified atom stereocenters. The van der Waals surface area contributed by atoms with Gasteiger partial charge in [-0.2, -0.15) is 0 Å². The van der Waals surface area contributed by atoms with Gasteiger partial charge in [0.1, 0.15) is 0 Å². The molecule has 0 amide bonds. The van der Waals surface area contributed by atoms with E-state index in [-0.39, 0.29) is 11.1 Å². The molecule has 6 heteroatoms. The number of benzene rings is 1. The van der Waals surface area contributed by atoms with Gasteiger partial charge in [-0.25, -0.2) is 4.79 Å². The van der Waals surface area contributed by atoms with Gasteiger partial charge in [-0.05, 0) is 12.5 Å². The predicted molar refractivity (Wildman–Crippen MR) is 55.7 cm³/mol.